The SMILES string of the molecule is CC12c3ccc4nc(-n5c6ccccc6c6ccccc65)nc(c4c3)-c3cccc(c3)-n3c4ccccc4c4cc(c1cc43)-c1ccc3ccccc3c12. The van der Waals surface area contributed by atoms with Crippen molar-refractivity contribution in [3.05, 3.63) is 180 Å². The Morgan fingerprint density at radius 1 is 0.463 bits per heavy atom. The van der Waals surface area contributed by atoms with Gasteiger partial charge in [0.25, 0.3) is 0 Å². The van der Waals surface area contributed by atoms with Crippen LogP contribution in [0.4, 0.5) is 0 Å². The molecule has 13 rings (SSSR count). The Morgan fingerprint density at radius 3 is 1.93 bits per heavy atom. The van der Waals surface area contributed by atoms with E-state index in [0.29, 0.717) is 5.95 Å². The Labute approximate surface area is 310 Å². The van der Waals surface area contributed by atoms with E-state index in [4.69, 9.17) is 9.97 Å². The second-order valence-electron chi connectivity index (χ2n) is 15.1. The molecule has 4 heteroatoms. The first-order valence-electron chi connectivity index (χ1n) is 18.7. The fourth-order valence-corrected chi connectivity index (χ4v) is 10.1. The van der Waals surface area contributed by atoms with Crippen LogP contribution < -0.4 is 0 Å². The molecule has 250 valence electrons. The van der Waals surface area contributed by atoms with Gasteiger partial charge in [-0.1, -0.05) is 109 Å². The van der Waals surface area contributed by atoms with E-state index in [1.54, 1.807) is 0 Å². The van der Waals surface area contributed by atoms with Crippen LogP contribution in [0.25, 0.3) is 99.3 Å². The van der Waals surface area contributed by atoms with Crippen LogP contribution in [0.5, 0.6) is 0 Å². The highest BCUT2D eigenvalue weighted by atomic mass is 15.2. The zero-order valence-corrected chi connectivity index (χ0v) is 29.4. The third kappa shape index (κ3) is 3.44. The van der Waals surface area contributed by atoms with E-state index < -0.39 is 5.41 Å². The van der Waals surface area contributed by atoms with Gasteiger partial charge in [0.1, 0.15) is 0 Å². The number of aromatic nitrogens is 4. The average Bonchev–Trinajstić information content (AvgIpc) is 3.83. The van der Waals surface area contributed by atoms with E-state index in [9.17, 15) is 0 Å². The maximum Gasteiger partial charge on any atom is 0.235 e. The minimum absolute atomic E-state index is 0.440. The number of para-hydroxylation sites is 3. The zero-order valence-electron chi connectivity index (χ0n) is 29.4. The van der Waals surface area contributed by atoms with E-state index in [1.165, 1.54) is 71.2 Å². The van der Waals surface area contributed by atoms with Gasteiger partial charge in [0.15, 0.2) is 0 Å². The first-order valence-corrected chi connectivity index (χ1v) is 18.7. The van der Waals surface area contributed by atoms with Gasteiger partial charge in [-0.15, -0.1) is 0 Å². The summed E-state index contributed by atoms with van der Waals surface area (Å²) in [7, 11) is 0. The molecule has 2 aliphatic rings. The van der Waals surface area contributed by atoms with E-state index in [2.05, 4.69) is 180 Å². The average molecular weight is 687 g/mol. The zero-order chi connectivity index (χ0) is 35.3. The molecule has 1 aliphatic heterocycles. The smallest absolute Gasteiger partial charge is 0.235 e. The molecular formula is C50H30N4. The summed E-state index contributed by atoms with van der Waals surface area (Å²) in [5, 5.41) is 8.50. The lowest BCUT2D eigenvalue weighted by atomic mass is 9.72. The molecule has 54 heavy (non-hydrogen) atoms. The van der Waals surface area contributed by atoms with Crippen LogP contribution in [0.3, 0.4) is 0 Å². The van der Waals surface area contributed by atoms with Gasteiger partial charge < -0.3 is 4.57 Å². The van der Waals surface area contributed by atoms with Crippen molar-refractivity contribution in [2.45, 2.75) is 12.3 Å². The van der Waals surface area contributed by atoms with Gasteiger partial charge in [0.05, 0.1) is 33.3 Å². The van der Waals surface area contributed by atoms with E-state index >= 15 is 0 Å². The molecule has 3 aromatic heterocycles. The lowest BCUT2D eigenvalue weighted by Crippen LogP contribution is -2.23. The summed E-state index contributed by atoms with van der Waals surface area (Å²) in [6, 6.07) is 60.3. The molecule has 0 amide bonds. The summed E-state index contributed by atoms with van der Waals surface area (Å²) in [6.45, 7) is 2.43. The lowest BCUT2D eigenvalue weighted by molar-refractivity contribution is 0.722. The molecule has 0 radical (unpaired) electrons. The summed E-state index contributed by atoms with van der Waals surface area (Å²) in [5.74, 6) is 0.671. The Bertz CT molecular complexity index is 3420. The topological polar surface area (TPSA) is 35.6 Å². The molecule has 1 unspecified atom stereocenters. The molecule has 8 aromatic carbocycles. The minimum Gasteiger partial charge on any atom is -0.309 e. The minimum atomic E-state index is -0.440. The van der Waals surface area contributed by atoms with E-state index in [0.717, 1.165) is 38.9 Å². The summed E-state index contributed by atoms with van der Waals surface area (Å²) in [4.78, 5) is 10.9. The molecule has 4 nitrogen and oxygen atoms in total. The quantitative estimate of drug-likeness (QED) is 0.172. The summed E-state index contributed by atoms with van der Waals surface area (Å²) < 4.78 is 4.69. The van der Waals surface area contributed by atoms with Gasteiger partial charge in [-0.25, -0.2) is 9.97 Å². The highest BCUT2D eigenvalue weighted by Crippen LogP contribution is 2.57. The van der Waals surface area contributed by atoms with Gasteiger partial charge in [-0.3, -0.25) is 4.57 Å². The molecule has 0 N–H and O–H groups in total. The third-order valence-corrected chi connectivity index (χ3v) is 12.5. The molecule has 4 heterocycles. The predicted molar refractivity (Wildman–Crippen MR) is 222 cm³/mol. The van der Waals surface area contributed by atoms with Gasteiger partial charge in [0.2, 0.25) is 5.95 Å². The first kappa shape index (κ1) is 28.5. The monoisotopic (exact) mass is 686 g/mol. The van der Waals surface area contributed by atoms with Crippen molar-refractivity contribution in [3.8, 4) is 34.0 Å². The predicted octanol–water partition coefficient (Wildman–Crippen LogP) is 12.3. The van der Waals surface area contributed by atoms with Crippen molar-refractivity contribution >= 4 is 65.3 Å². The van der Waals surface area contributed by atoms with Crippen molar-refractivity contribution in [2.75, 3.05) is 0 Å². The maximum atomic E-state index is 5.56. The number of nitrogens with zero attached hydrogens (tertiary/aromatic N) is 4. The Kier molecular flexibility index (Phi) is 5.22. The molecular weight excluding hydrogens is 657 g/mol. The van der Waals surface area contributed by atoms with Crippen LogP contribution in [-0.4, -0.2) is 19.1 Å². The fraction of sp³-hybridized carbons (Fsp3) is 0.0400. The summed E-state index contributed by atoms with van der Waals surface area (Å²) in [5.41, 5.74) is 14.7. The van der Waals surface area contributed by atoms with E-state index in [1.807, 2.05) is 0 Å². The molecule has 0 spiro atoms. The molecule has 1 aliphatic carbocycles. The van der Waals surface area contributed by atoms with Crippen molar-refractivity contribution < 1.29 is 0 Å². The molecule has 0 fully saturated rings. The van der Waals surface area contributed by atoms with Crippen LogP contribution in [0.2, 0.25) is 0 Å². The van der Waals surface area contributed by atoms with Crippen LogP contribution in [0.1, 0.15) is 23.6 Å². The Morgan fingerprint density at radius 2 is 1.15 bits per heavy atom. The second kappa shape index (κ2) is 9.88. The van der Waals surface area contributed by atoms with Crippen molar-refractivity contribution in [1.29, 1.82) is 0 Å². The van der Waals surface area contributed by atoms with Crippen LogP contribution in [0.15, 0.2) is 164 Å². The summed E-state index contributed by atoms with van der Waals surface area (Å²) >= 11 is 0. The van der Waals surface area contributed by atoms with Crippen molar-refractivity contribution in [1.82, 2.24) is 19.1 Å². The summed E-state index contributed by atoms with van der Waals surface area (Å²) in [6.07, 6.45) is 0. The Balaban J connectivity index is 1.21. The fourth-order valence-electron chi connectivity index (χ4n) is 10.1. The highest BCUT2D eigenvalue weighted by molar-refractivity contribution is 6.13. The van der Waals surface area contributed by atoms with Gasteiger partial charge in [-0.2, -0.15) is 0 Å². The molecule has 0 saturated carbocycles. The molecule has 0 saturated heterocycles. The normalized spacial score (nSPS) is 15.6. The molecule has 11 aromatic rings. The van der Waals surface area contributed by atoms with Gasteiger partial charge >= 0.3 is 0 Å². The first-order chi connectivity index (χ1) is 26.6. The largest absolute Gasteiger partial charge is 0.309 e. The van der Waals surface area contributed by atoms with Crippen LogP contribution >= 0.6 is 0 Å². The van der Waals surface area contributed by atoms with Crippen molar-refractivity contribution in [2.24, 2.45) is 0 Å². The number of fused-ring (bicyclic) bond motifs is 17. The lowest BCUT2D eigenvalue weighted by Gasteiger charge is -2.30. The molecule has 1 atom stereocenters. The third-order valence-electron chi connectivity index (χ3n) is 12.5. The van der Waals surface area contributed by atoms with Crippen LogP contribution in [0, 0.1) is 0 Å². The second-order valence-corrected chi connectivity index (χ2v) is 15.1. The number of benzene rings is 8. The maximum absolute atomic E-state index is 5.56. The molecule has 6 bridgehead atoms. The highest BCUT2D eigenvalue weighted by Gasteiger charge is 2.43. The van der Waals surface area contributed by atoms with Gasteiger partial charge in [0, 0.05) is 43.6 Å². The Hall–Kier alpha value is -7.04. The number of hydrogen-bond donors (Lipinski definition) is 0. The standard InChI is InChI=1S/C50H30N4/c1-50-31-22-24-42-40(26-31)48(52-49(51-42)54-44-19-8-4-15-34(44)35-16-5-9-20-45(35)54)30-12-10-13-32(25-30)53-43-18-7-6-17-36(43)39-27-38(41(50)28-46(39)53)37-23-21-29-11-2-3-14-33(29)47(37)50/h2-28H,1H3. The number of rotatable bonds is 1. The van der Waals surface area contributed by atoms with Crippen LogP contribution in [-0.2, 0) is 5.41 Å². The van der Waals surface area contributed by atoms with E-state index in [-0.39, 0.29) is 0 Å². The van der Waals surface area contributed by atoms with Gasteiger partial charge in [-0.05, 0) is 100 Å². The number of hydrogen-bond acceptors (Lipinski definition) is 2. The van der Waals surface area contributed by atoms with Crippen molar-refractivity contribution in [3.63, 3.8) is 0 Å².